The molecule has 0 spiro atoms. The molecular weight excluding hydrogens is 582 g/mol. The number of carbonyl (C=O) groups is 1. The first-order valence-electron chi connectivity index (χ1n) is 10.8. The monoisotopic (exact) mass is 601 g/mol. The molecule has 196 valence electrons. The summed E-state index contributed by atoms with van der Waals surface area (Å²) in [5.74, 6) is -0.378. The maximum atomic E-state index is 12.9. The van der Waals surface area contributed by atoms with E-state index < -0.39 is 31.5 Å². The van der Waals surface area contributed by atoms with Gasteiger partial charge < -0.3 is 19.0 Å². The number of halogens is 1. The molecular formula is C25H20BrN3O8S. The average Bonchev–Trinajstić information content (AvgIpc) is 2.89. The van der Waals surface area contributed by atoms with Crippen molar-refractivity contribution >= 4 is 49.4 Å². The Morgan fingerprint density at radius 1 is 1.18 bits per heavy atom. The molecule has 0 aliphatic rings. The molecule has 0 bridgehead atoms. The van der Waals surface area contributed by atoms with E-state index in [0.717, 1.165) is 18.2 Å². The number of nitrogens with zero attached hydrogens (tertiary/aromatic N) is 2. The molecule has 1 N–H and O–H groups in total. The highest BCUT2D eigenvalue weighted by Gasteiger charge is 2.24. The maximum absolute atomic E-state index is 12.9. The molecule has 0 saturated carbocycles. The highest BCUT2D eigenvalue weighted by molar-refractivity contribution is 9.10. The number of hydrogen-bond donors (Lipinski definition) is 1. The van der Waals surface area contributed by atoms with Gasteiger partial charge in [-0.15, -0.1) is 0 Å². The topological polar surface area (TPSA) is 158 Å². The third-order valence-electron chi connectivity index (χ3n) is 4.85. The number of anilines is 1. The summed E-state index contributed by atoms with van der Waals surface area (Å²) in [4.78, 5) is 22.6. The van der Waals surface area contributed by atoms with Crippen molar-refractivity contribution < 1.29 is 31.8 Å². The van der Waals surface area contributed by atoms with E-state index in [1.807, 2.05) is 6.07 Å². The van der Waals surface area contributed by atoms with Crippen molar-refractivity contribution in [2.75, 3.05) is 19.0 Å². The van der Waals surface area contributed by atoms with Crippen LogP contribution in [0.1, 0.15) is 12.5 Å². The van der Waals surface area contributed by atoms with E-state index in [1.54, 1.807) is 31.2 Å². The number of nitro groups is 1. The lowest BCUT2D eigenvalue weighted by Gasteiger charge is -2.14. The number of nitro benzene ring substituents is 1. The van der Waals surface area contributed by atoms with Crippen LogP contribution in [0.25, 0.3) is 6.08 Å². The van der Waals surface area contributed by atoms with Gasteiger partial charge in [-0.05, 0) is 64.8 Å². The molecule has 0 radical (unpaired) electrons. The Morgan fingerprint density at radius 2 is 1.92 bits per heavy atom. The fraction of sp³-hybridized carbons (Fsp3) is 0.120. The molecule has 0 heterocycles. The van der Waals surface area contributed by atoms with Crippen LogP contribution in [0.3, 0.4) is 0 Å². The van der Waals surface area contributed by atoms with Crippen molar-refractivity contribution in [1.82, 2.24) is 0 Å². The molecule has 0 saturated heterocycles. The van der Waals surface area contributed by atoms with Gasteiger partial charge in [0.05, 0.1) is 23.1 Å². The predicted octanol–water partition coefficient (Wildman–Crippen LogP) is 5.08. The Bertz CT molecular complexity index is 1570. The minimum Gasteiger partial charge on any atom is -0.497 e. The van der Waals surface area contributed by atoms with Gasteiger partial charge in [0, 0.05) is 23.9 Å². The molecule has 3 aromatic rings. The molecule has 0 atom stereocenters. The van der Waals surface area contributed by atoms with Gasteiger partial charge >= 0.3 is 10.1 Å². The first kappa shape index (κ1) is 28.2. The first-order valence-corrected chi connectivity index (χ1v) is 13.0. The number of methoxy groups -OCH3 is 1. The molecule has 3 rings (SSSR count). The number of carbonyl (C=O) groups excluding carboxylic acids is 1. The summed E-state index contributed by atoms with van der Waals surface area (Å²) in [5, 5.41) is 23.2. The molecule has 0 aliphatic heterocycles. The zero-order valence-electron chi connectivity index (χ0n) is 20.0. The average molecular weight is 602 g/mol. The van der Waals surface area contributed by atoms with Crippen LogP contribution in [0, 0.1) is 21.4 Å². The van der Waals surface area contributed by atoms with Crippen LogP contribution in [0.5, 0.6) is 17.2 Å². The van der Waals surface area contributed by atoms with Crippen molar-refractivity contribution in [3.63, 3.8) is 0 Å². The largest absolute Gasteiger partial charge is 0.497 e. The van der Waals surface area contributed by atoms with Gasteiger partial charge in [-0.3, -0.25) is 14.9 Å². The number of nitriles is 1. The first-order chi connectivity index (χ1) is 18.1. The van der Waals surface area contributed by atoms with Crippen molar-refractivity contribution in [2.24, 2.45) is 0 Å². The summed E-state index contributed by atoms with van der Waals surface area (Å²) in [6.45, 7) is 1.80. The van der Waals surface area contributed by atoms with E-state index in [-0.39, 0.29) is 28.2 Å². The predicted molar refractivity (Wildman–Crippen MR) is 141 cm³/mol. The Labute approximate surface area is 226 Å². The summed E-state index contributed by atoms with van der Waals surface area (Å²) < 4.78 is 41.8. The number of hydrogen-bond acceptors (Lipinski definition) is 9. The second kappa shape index (κ2) is 12.2. The Balaban J connectivity index is 1.94. The van der Waals surface area contributed by atoms with Gasteiger partial charge in [0.15, 0.2) is 11.5 Å². The molecule has 0 unspecified atom stereocenters. The van der Waals surface area contributed by atoms with Crippen LogP contribution < -0.4 is 19.0 Å². The normalized spacial score (nSPS) is 11.3. The maximum Gasteiger partial charge on any atom is 0.339 e. The number of nitrogens with one attached hydrogen (secondary N) is 1. The standard InChI is InChI=1S/C25H20BrN3O8S/c1-3-36-23-12-16(10-17(15-27)25(30)28-18-6-4-8-20(13-18)35-2)11-22(26)24(23)37-38(33,34)21-9-5-7-19(14-21)29(31)32/h4-14H,3H2,1-2H3,(H,28,30)/b17-10+. The smallest absolute Gasteiger partial charge is 0.339 e. The number of ether oxygens (including phenoxy) is 2. The number of benzene rings is 3. The van der Waals surface area contributed by atoms with Crippen molar-refractivity contribution in [3.8, 4) is 23.3 Å². The van der Waals surface area contributed by atoms with Gasteiger partial charge in [-0.2, -0.15) is 13.7 Å². The van der Waals surface area contributed by atoms with Crippen LogP contribution in [0.15, 0.2) is 75.6 Å². The molecule has 0 fully saturated rings. The number of rotatable bonds is 10. The van der Waals surface area contributed by atoms with E-state index in [0.29, 0.717) is 17.0 Å². The molecule has 13 heteroatoms. The Hall–Kier alpha value is -4.41. The summed E-state index contributed by atoms with van der Waals surface area (Å²) in [7, 11) is -3.00. The van der Waals surface area contributed by atoms with Crippen LogP contribution in [0.4, 0.5) is 11.4 Å². The molecule has 0 aromatic heterocycles. The van der Waals surface area contributed by atoms with Gasteiger partial charge in [-0.25, -0.2) is 0 Å². The summed E-state index contributed by atoms with van der Waals surface area (Å²) in [5.41, 5.74) is 0.0927. The summed E-state index contributed by atoms with van der Waals surface area (Å²) >= 11 is 3.25. The Morgan fingerprint density at radius 3 is 2.58 bits per heavy atom. The minimum absolute atomic E-state index is 0.00683. The fourth-order valence-electron chi connectivity index (χ4n) is 3.14. The van der Waals surface area contributed by atoms with E-state index in [2.05, 4.69) is 21.2 Å². The lowest BCUT2D eigenvalue weighted by atomic mass is 10.1. The molecule has 38 heavy (non-hydrogen) atoms. The van der Waals surface area contributed by atoms with Gasteiger partial charge in [0.25, 0.3) is 11.6 Å². The number of amides is 1. The lowest BCUT2D eigenvalue weighted by molar-refractivity contribution is -0.385. The third kappa shape index (κ3) is 6.87. The zero-order chi connectivity index (χ0) is 27.9. The highest BCUT2D eigenvalue weighted by atomic mass is 79.9. The van der Waals surface area contributed by atoms with E-state index in [4.69, 9.17) is 13.7 Å². The molecule has 0 aliphatic carbocycles. The van der Waals surface area contributed by atoms with Gasteiger partial charge in [0.2, 0.25) is 0 Å². The van der Waals surface area contributed by atoms with E-state index in [1.165, 1.54) is 31.4 Å². The van der Waals surface area contributed by atoms with Crippen molar-refractivity contribution in [3.05, 3.63) is 86.4 Å². The number of non-ortho nitro benzene ring substituents is 1. The molecule has 11 nitrogen and oxygen atoms in total. The van der Waals surface area contributed by atoms with E-state index >= 15 is 0 Å². The van der Waals surface area contributed by atoms with Crippen LogP contribution >= 0.6 is 15.9 Å². The Kier molecular flexibility index (Phi) is 9.06. The van der Waals surface area contributed by atoms with Crippen LogP contribution in [0.2, 0.25) is 0 Å². The lowest BCUT2D eigenvalue weighted by Crippen LogP contribution is -2.13. The SMILES string of the molecule is CCOc1cc(/C=C(\C#N)C(=O)Nc2cccc(OC)c2)cc(Br)c1OS(=O)(=O)c1cccc([N+](=O)[O-])c1. The van der Waals surface area contributed by atoms with Crippen molar-refractivity contribution in [1.29, 1.82) is 5.26 Å². The second-order valence-corrected chi connectivity index (χ2v) is 9.81. The summed E-state index contributed by atoms with van der Waals surface area (Å²) in [6, 6.07) is 15.7. The van der Waals surface area contributed by atoms with Gasteiger partial charge in [-0.1, -0.05) is 12.1 Å². The quantitative estimate of drug-likeness (QED) is 0.110. The van der Waals surface area contributed by atoms with Crippen LogP contribution in [-0.2, 0) is 14.9 Å². The zero-order valence-corrected chi connectivity index (χ0v) is 22.4. The fourth-order valence-corrected chi connectivity index (χ4v) is 4.79. The molecule has 1 amide bonds. The van der Waals surface area contributed by atoms with Gasteiger partial charge in [0.1, 0.15) is 22.3 Å². The van der Waals surface area contributed by atoms with E-state index in [9.17, 15) is 28.6 Å². The van der Waals surface area contributed by atoms with Crippen LogP contribution in [-0.4, -0.2) is 33.0 Å². The molecule has 3 aromatic carbocycles. The summed E-state index contributed by atoms with van der Waals surface area (Å²) in [6.07, 6.45) is 1.29. The second-order valence-electron chi connectivity index (χ2n) is 7.41. The third-order valence-corrected chi connectivity index (χ3v) is 6.65. The van der Waals surface area contributed by atoms with Crippen molar-refractivity contribution in [2.45, 2.75) is 11.8 Å². The highest BCUT2D eigenvalue weighted by Crippen LogP contribution is 2.39. The minimum atomic E-state index is -4.48.